The zero-order valence-corrected chi connectivity index (χ0v) is 10.1. The lowest BCUT2D eigenvalue weighted by molar-refractivity contribution is 0.191. The molecule has 0 fully saturated rings. The van der Waals surface area contributed by atoms with E-state index < -0.39 is 6.09 Å². The molecular formula is C12H13NO3S. The molecule has 0 spiro atoms. The third-order valence-corrected chi connectivity index (χ3v) is 3.83. The van der Waals surface area contributed by atoms with Crippen molar-refractivity contribution in [3.05, 3.63) is 34.7 Å². The van der Waals surface area contributed by atoms with Crippen molar-refractivity contribution in [1.29, 1.82) is 0 Å². The Morgan fingerprint density at radius 2 is 2.24 bits per heavy atom. The van der Waals surface area contributed by atoms with Gasteiger partial charge in [0.05, 0.1) is 12.6 Å². The molecule has 0 saturated heterocycles. The molecule has 90 valence electrons. The van der Waals surface area contributed by atoms with Gasteiger partial charge in [0.15, 0.2) is 0 Å². The van der Waals surface area contributed by atoms with E-state index in [1.165, 1.54) is 11.3 Å². The highest BCUT2D eigenvalue weighted by Gasteiger charge is 2.11. The molecule has 1 amide bonds. The molecule has 0 radical (unpaired) electrons. The Bertz CT molecular complexity index is 550. The molecule has 1 atom stereocenters. The smallest absolute Gasteiger partial charge is 0.405 e. The largest absolute Gasteiger partial charge is 0.465 e. The number of nitrogens with one attached hydrogen (secondary N) is 1. The van der Waals surface area contributed by atoms with E-state index in [9.17, 15) is 4.79 Å². The van der Waals surface area contributed by atoms with Crippen LogP contribution in [0.4, 0.5) is 4.79 Å². The van der Waals surface area contributed by atoms with Crippen molar-refractivity contribution in [3.63, 3.8) is 0 Å². The second-order valence-corrected chi connectivity index (χ2v) is 4.97. The zero-order valence-electron chi connectivity index (χ0n) is 9.30. The lowest BCUT2D eigenvalue weighted by atomic mass is 10.1. The molecule has 3 N–H and O–H groups in total. The van der Waals surface area contributed by atoms with Crippen LogP contribution in [0.2, 0.25) is 0 Å². The maximum absolute atomic E-state index is 10.6. The van der Waals surface area contributed by atoms with Crippen molar-refractivity contribution in [2.24, 2.45) is 0 Å². The van der Waals surface area contributed by atoms with Gasteiger partial charge in [-0.25, -0.2) is 4.79 Å². The molecule has 1 heterocycles. The number of aliphatic hydroxyl groups excluding tert-OH is 1. The van der Waals surface area contributed by atoms with E-state index in [1.54, 1.807) is 0 Å². The first-order valence-electron chi connectivity index (χ1n) is 5.23. The minimum absolute atomic E-state index is 0.0199. The summed E-state index contributed by atoms with van der Waals surface area (Å²) in [7, 11) is 0. The van der Waals surface area contributed by atoms with Crippen molar-refractivity contribution < 1.29 is 15.0 Å². The zero-order chi connectivity index (χ0) is 12.4. The van der Waals surface area contributed by atoms with Crippen LogP contribution in [0.5, 0.6) is 0 Å². The van der Waals surface area contributed by atoms with Gasteiger partial charge in [0, 0.05) is 9.58 Å². The number of aliphatic hydroxyl groups is 1. The van der Waals surface area contributed by atoms with E-state index in [-0.39, 0.29) is 12.6 Å². The van der Waals surface area contributed by atoms with Gasteiger partial charge in [-0.05, 0) is 30.0 Å². The molecule has 0 aliphatic carbocycles. The first kappa shape index (κ1) is 11.9. The molecule has 4 nitrogen and oxygen atoms in total. The summed E-state index contributed by atoms with van der Waals surface area (Å²) < 4.78 is 1.06. The summed E-state index contributed by atoms with van der Waals surface area (Å²) in [4.78, 5) is 11.5. The molecule has 0 aliphatic heterocycles. The Kier molecular flexibility index (Phi) is 3.31. The van der Waals surface area contributed by atoms with Crippen molar-refractivity contribution in [2.45, 2.75) is 19.6 Å². The van der Waals surface area contributed by atoms with Crippen molar-refractivity contribution in [2.75, 3.05) is 0 Å². The van der Waals surface area contributed by atoms with Gasteiger partial charge >= 0.3 is 6.09 Å². The molecule has 5 heteroatoms. The second kappa shape index (κ2) is 4.73. The van der Waals surface area contributed by atoms with Crippen LogP contribution >= 0.6 is 11.3 Å². The number of carboxylic acid groups (broad SMARTS) is 1. The topological polar surface area (TPSA) is 69.6 Å². The first-order chi connectivity index (χ1) is 8.10. The van der Waals surface area contributed by atoms with E-state index in [1.807, 2.05) is 31.2 Å². The number of fused-ring (bicyclic) bond motifs is 1. The normalized spacial score (nSPS) is 12.6. The summed E-state index contributed by atoms with van der Waals surface area (Å²) in [6.45, 7) is 1.83. The second-order valence-electron chi connectivity index (χ2n) is 3.85. The van der Waals surface area contributed by atoms with Crippen LogP contribution in [0.25, 0.3) is 10.1 Å². The Morgan fingerprint density at radius 3 is 2.88 bits per heavy atom. The quantitative estimate of drug-likeness (QED) is 0.785. The molecule has 1 aromatic heterocycles. The summed E-state index contributed by atoms with van der Waals surface area (Å²) in [5, 5.41) is 21.2. The minimum Gasteiger partial charge on any atom is -0.465 e. The fraction of sp³-hybridized carbons (Fsp3) is 0.250. The average Bonchev–Trinajstić information content (AvgIpc) is 2.70. The van der Waals surface area contributed by atoms with Crippen LogP contribution in [-0.4, -0.2) is 16.3 Å². The number of amides is 1. The van der Waals surface area contributed by atoms with Crippen LogP contribution < -0.4 is 5.32 Å². The molecule has 2 rings (SSSR count). The number of hydrogen-bond acceptors (Lipinski definition) is 3. The molecule has 1 aromatic carbocycles. The standard InChI is InChI=1S/C12H13NO3S/c1-7(13-12(15)16)10-5-9-3-2-8(6-14)4-11(9)17-10/h2-5,7,13-14H,6H2,1H3,(H,15,16). The molecule has 0 aliphatic rings. The maximum atomic E-state index is 10.6. The number of thiophene rings is 1. The monoisotopic (exact) mass is 251 g/mol. The number of carbonyl (C=O) groups is 1. The van der Waals surface area contributed by atoms with Gasteiger partial charge in [-0.1, -0.05) is 12.1 Å². The molecule has 17 heavy (non-hydrogen) atoms. The number of rotatable bonds is 3. The Hall–Kier alpha value is -1.59. The van der Waals surface area contributed by atoms with Crippen molar-refractivity contribution in [1.82, 2.24) is 5.32 Å². The number of hydrogen-bond donors (Lipinski definition) is 3. The van der Waals surface area contributed by atoms with Gasteiger partial charge in [0.25, 0.3) is 0 Å². The van der Waals surface area contributed by atoms with Crippen LogP contribution in [0, 0.1) is 0 Å². The third-order valence-electron chi connectivity index (χ3n) is 2.55. The summed E-state index contributed by atoms with van der Waals surface area (Å²) in [6, 6.07) is 7.49. The van der Waals surface area contributed by atoms with Crippen molar-refractivity contribution >= 4 is 27.5 Å². The van der Waals surface area contributed by atoms with Gasteiger partial charge in [0.1, 0.15) is 0 Å². The van der Waals surface area contributed by atoms with Gasteiger partial charge in [-0.2, -0.15) is 0 Å². The molecule has 0 saturated carbocycles. The highest BCUT2D eigenvalue weighted by Crippen LogP contribution is 2.30. The fourth-order valence-corrected chi connectivity index (χ4v) is 2.79. The van der Waals surface area contributed by atoms with Crippen molar-refractivity contribution in [3.8, 4) is 0 Å². The summed E-state index contributed by atoms with van der Waals surface area (Å²) in [5.74, 6) is 0. The number of benzene rings is 1. The van der Waals surface area contributed by atoms with E-state index in [2.05, 4.69) is 5.32 Å². The lowest BCUT2D eigenvalue weighted by Crippen LogP contribution is -2.23. The van der Waals surface area contributed by atoms with Crippen LogP contribution in [0.1, 0.15) is 23.4 Å². The van der Waals surface area contributed by atoms with E-state index in [4.69, 9.17) is 10.2 Å². The molecule has 2 aromatic rings. The predicted molar refractivity (Wildman–Crippen MR) is 67.3 cm³/mol. The van der Waals surface area contributed by atoms with Crippen LogP contribution in [-0.2, 0) is 6.61 Å². The van der Waals surface area contributed by atoms with Crippen LogP contribution in [0.15, 0.2) is 24.3 Å². The summed E-state index contributed by atoms with van der Waals surface area (Å²) in [6.07, 6.45) is -1.02. The average molecular weight is 251 g/mol. The predicted octanol–water partition coefficient (Wildman–Crippen LogP) is 2.72. The third kappa shape index (κ3) is 2.57. The highest BCUT2D eigenvalue weighted by atomic mass is 32.1. The highest BCUT2D eigenvalue weighted by molar-refractivity contribution is 7.19. The fourth-order valence-electron chi connectivity index (χ4n) is 1.66. The van der Waals surface area contributed by atoms with Gasteiger partial charge in [-0.15, -0.1) is 11.3 Å². The van der Waals surface area contributed by atoms with Gasteiger partial charge < -0.3 is 15.5 Å². The Morgan fingerprint density at radius 1 is 1.47 bits per heavy atom. The van der Waals surface area contributed by atoms with E-state index >= 15 is 0 Å². The van der Waals surface area contributed by atoms with Gasteiger partial charge in [0.2, 0.25) is 0 Å². The lowest BCUT2D eigenvalue weighted by Gasteiger charge is -2.07. The van der Waals surface area contributed by atoms with Crippen LogP contribution in [0.3, 0.4) is 0 Å². The SMILES string of the molecule is CC(NC(=O)O)c1cc2ccc(CO)cc2s1. The maximum Gasteiger partial charge on any atom is 0.405 e. The molecule has 0 bridgehead atoms. The summed E-state index contributed by atoms with van der Waals surface area (Å²) in [5.41, 5.74) is 0.866. The summed E-state index contributed by atoms with van der Waals surface area (Å²) >= 11 is 1.54. The molecular weight excluding hydrogens is 238 g/mol. The Balaban J connectivity index is 2.33. The molecule has 1 unspecified atom stereocenters. The van der Waals surface area contributed by atoms with Gasteiger partial charge in [-0.3, -0.25) is 0 Å². The van der Waals surface area contributed by atoms with E-state index in [0.29, 0.717) is 0 Å². The first-order valence-corrected chi connectivity index (χ1v) is 6.04. The van der Waals surface area contributed by atoms with E-state index in [0.717, 1.165) is 20.5 Å². The minimum atomic E-state index is -1.02. The Labute approximate surface area is 103 Å².